The lowest BCUT2D eigenvalue weighted by Crippen LogP contribution is -2.53. The van der Waals surface area contributed by atoms with E-state index in [2.05, 4.69) is 15.6 Å². The molecule has 3 aliphatic rings. The van der Waals surface area contributed by atoms with Gasteiger partial charge in [0, 0.05) is 32.0 Å². The molecule has 2 N–H and O–H groups in total. The molecule has 196 valence electrons. The second-order valence-corrected chi connectivity index (χ2v) is 15.6. The van der Waals surface area contributed by atoms with Gasteiger partial charge in [-0.1, -0.05) is 43.1 Å². The molecule has 1 spiro atoms. The third-order valence-corrected chi connectivity index (χ3v) is 13.8. The van der Waals surface area contributed by atoms with Crippen LogP contribution in [-0.4, -0.2) is 67.9 Å². The summed E-state index contributed by atoms with van der Waals surface area (Å²) in [5.74, 6) is -1.13. The van der Waals surface area contributed by atoms with Crippen LogP contribution in [0.25, 0.3) is 0 Å². The molecular weight excluding hydrogens is 476 g/mol. The van der Waals surface area contributed by atoms with E-state index in [4.69, 9.17) is 4.74 Å². The number of pyridine rings is 1. The summed E-state index contributed by atoms with van der Waals surface area (Å²) in [5, 5.41) is 5.65. The number of nitrogens with one attached hydrogen (secondary N) is 2. The number of amides is 3. The van der Waals surface area contributed by atoms with Crippen LogP contribution in [0, 0.1) is 0 Å². The summed E-state index contributed by atoms with van der Waals surface area (Å²) < 4.78 is 4.83. The van der Waals surface area contributed by atoms with E-state index >= 15 is 0 Å². The Morgan fingerprint density at radius 2 is 1.86 bits per heavy atom. The van der Waals surface area contributed by atoms with Crippen molar-refractivity contribution in [2.24, 2.45) is 0 Å². The zero-order chi connectivity index (χ0) is 25.7. The number of ether oxygens (including phenoxy) is 1. The van der Waals surface area contributed by atoms with Crippen LogP contribution in [0.1, 0.15) is 73.6 Å². The lowest BCUT2D eigenvalue weighted by atomic mass is 9.97. The summed E-state index contributed by atoms with van der Waals surface area (Å²) in [4.78, 5) is 57.6. The molecule has 0 radical (unpaired) electrons. The summed E-state index contributed by atoms with van der Waals surface area (Å²) in [7, 11) is 1.59. The first-order valence-electron chi connectivity index (χ1n) is 13.2. The highest BCUT2D eigenvalue weighted by Gasteiger charge is 2.44. The van der Waals surface area contributed by atoms with E-state index < -0.39 is 20.1 Å². The quantitative estimate of drug-likeness (QED) is 0.427. The Balaban J connectivity index is 1.66. The van der Waals surface area contributed by atoms with Gasteiger partial charge in [-0.2, -0.15) is 0 Å². The molecule has 10 heteroatoms. The molecule has 0 bridgehead atoms. The third-order valence-electron chi connectivity index (χ3n) is 8.32. The number of hydrogen-bond acceptors (Lipinski definition) is 6. The van der Waals surface area contributed by atoms with Crippen LogP contribution >= 0.6 is 0 Å². The Labute approximate surface area is 213 Å². The lowest BCUT2D eigenvalue weighted by molar-refractivity contribution is -0.144. The Kier molecular flexibility index (Phi) is 8.43. The molecule has 0 saturated carbocycles. The number of likely N-dealkylation sites (N-methyl/N-ethyl adjacent to an activating group) is 1. The molecule has 3 amide bonds. The number of aromatic nitrogens is 1. The Morgan fingerprint density at radius 3 is 2.50 bits per heavy atom. The van der Waals surface area contributed by atoms with Crippen molar-refractivity contribution < 1.29 is 23.9 Å². The minimum Gasteiger partial charge on any atom is -0.464 e. The molecule has 1 aromatic rings. The summed E-state index contributed by atoms with van der Waals surface area (Å²) >= 11 is 0. The molecule has 4 rings (SSSR count). The van der Waals surface area contributed by atoms with Gasteiger partial charge in [0.2, 0.25) is 17.7 Å². The van der Waals surface area contributed by atoms with Gasteiger partial charge in [0.15, 0.2) is 6.04 Å². The minimum atomic E-state index is -1.24. The average molecular weight is 515 g/mol. The maximum atomic E-state index is 13.9. The van der Waals surface area contributed by atoms with Crippen LogP contribution in [0.3, 0.4) is 0 Å². The standard InChI is InChI=1S/C26H38N4O5Si/c1-27-25(33)24(20-8-6-9-21(29-20)26(34)35-2)30(23(32)17-18-7-5-10-22(31)28-18)19-11-15-36(16-12-19)13-3-4-14-36/h6,8-9,18-19,24H,3-5,7,10-17H2,1-2H3,(H,27,33)(H,28,31). The second kappa shape index (κ2) is 11.5. The fourth-order valence-corrected chi connectivity index (χ4v) is 11.8. The SMILES string of the molecule is CNC(=O)C(c1cccc(C(=O)OC)n1)N(C(=O)CC1CCCC(=O)N1)C1CC[Si]2(CCCC2)CC1. The van der Waals surface area contributed by atoms with Crippen LogP contribution in [0.4, 0.5) is 0 Å². The molecule has 3 aliphatic heterocycles. The van der Waals surface area contributed by atoms with Gasteiger partial charge in [0.1, 0.15) is 5.69 Å². The summed E-state index contributed by atoms with van der Waals surface area (Å²) in [6.45, 7) is 0. The third kappa shape index (κ3) is 5.79. The number of carbonyl (C=O) groups is 4. The van der Waals surface area contributed by atoms with Gasteiger partial charge in [-0.05, 0) is 37.8 Å². The van der Waals surface area contributed by atoms with Crippen LogP contribution in [-0.2, 0) is 19.1 Å². The first-order valence-corrected chi connectivity index (χ1v) is 16.1. The van der Waals surface area contributed by atoms with Crippen molar-refractivity contribution >= 4 is 31.8 Å². The smallest absolute Gasteiger partial charge is 0.356 e. The van der Waals surface area contributed by atoms with Crippen molar-refractivity contribution in [3.8, 4) is 0 Å². The monoisotopic (exact) mass is 514 g/mol. The van der Waals surface area contributed by atoms with Crippen molar-refractivity contribution in [3.63, 3.8) is 0 Å². The molecule has 3 saturated heterocycles. The fraction of sp³-hybridized carbons (Fsp3) is 0.654. The zero-order valence-corrected chi connectivity index (χ0v) is 22.4. The predicted octanol–water partition coefficient (Wildman–Crippen LogP) is 2.95. The van der Waals surface area contributed by atoms with E-state index in [0.717, 1.165) is 25.7 Å². The van der Waals surface area contributed by atoms with Crippen LogP contribution in [0.5, 0.6) is 0 Å². The molecule has 2 atom stereocenters. The van der Waals surface area contributed by atoms with Gasteiger partial charge in [-0.15, -0.1) is 0 Å². The maximum absolute atomic E-state index is 13.9. The van der Waals surface area contributed by atoms with E-state index in [1.807, 2.05) is 0 Å². The van der Waals surface area contributed by atoms with E-state index in [9.17, 15) is 19.2 Å². The van der Waals surface area contributed by atoms with E-state index in [-0.39, 0.29) is 41.9 Å². The van der Waals surface area contributed by atoms with Gasteiger partial charge < -0.3 is 20.3 Å². The molecular formula is C26H38N4O5Si. The van der Waals surface area contributed by atoms with Crippen molar-refractivity contribution in [1.29, 1.82) is 0 Å². The first-order chi connectivity index (χ1) is 17.4. The topological polar surface area (TPSA) is 118 Å². The number of esters is 1. The van der Waals surface area contributed by atoms with Gasteiger partial charge in [0.25, 0.3) is 0 Å². The number of nitrogens with zero attached hydrogens (tertiary/aromatic N) is 2. The van der Waals surface area contributed by atoms with E-state index in [0.29, 0.717) is 12.1 Å². The van der Waals surface area contributed by atoms with Crippen molar-refractivity contribution in [3.05, 3.63) is 29.6 Å². The highest BCUT2D eigenvalue weighted by molar-refractivity contribution is 6.80. The summed E-state index contributed by atoms with van der Waals surface area (Å²) in [5.41, 5.74) is 0.438. The normalized spacial score (nSPS) is 22.5. The highest BCUT2D eigenvalue weighted by Crippen LogP contribution is 2.44. The van der Waals surface area contributed by atoms with Crippen LogP contribution in [0.2, 0.25) is 24.2 Å². The van der Waals surface area contributed by atoms with Gasteiger partial charge in [0.05, 0.1) is 20.9 Å². The Morgan fingerprint density at radius 1 is 1.14 bits per heavy atom. The second-order valence-electron chi connectivity index (χ2n) is 10.6. The van der Waals surface area contributed by atoms with Crippen LogP contribution < -0.4 is 10.6 Å². The van der Waals surface area contributed by atoms with Gasteiger partial charge >= 0.3 is 5.97 Å². The Bertz CT molecular complexity index is 986. The average Bonchev–Trinajstić information content (AvgIpc) is 3.35. The van der Waals surface area contributed by atoms with Crippen molar-refractivity contribution in [2.75, 3.05) is 14.2 Å². The van der Waals surface area contributed by atoms with Gasteiger partial charge in [-0.25, -0.2) is 9.78 Å². The largest absolute Gasteiger partial charge is 0.464 e. The number of carbonyl (C=O) groups excluding carboxylic acids is 4. The van der Waals surface area contributed by atoms with Crippen molar-refractivity contribution in [2.45, 2.75) is 93.7 Å². The number of rotatable bonds is 7. The summed E-state index contributed by atoms with van der Waals surface area (Å²) in [6, 6.07) is 8.72. The lowest BCUT2D eigenvalue weighted by Gasteiger charge is -2.44. The highest BCUT2D eigenvalue weighted by atomic mass is 28.3. The molecule has 2 unspecified atom stereocenters. The van der Waals surface area contributed by atoms with Crippen molar-refractivity contribution in [1.82, 2.24) is 20.5 Å². The molecule has 3 fully saturated rings. The molecule has 9 nitrogen and oxygen atoms in total. The molecule has 4 heterocycles. The predicted molar refractivity (Wildman–Crippen MR) is 137 cm³/mol. The number of piperidine rings is 1. The molecule has 0 aromatic carbocycles. The molecule has 36 heavy (non-hydrogen) atoms. The van der Waals surface area contributed by atoms with Gasteiger partial charge in [-0.3, -0.25) is 14.4 Å². The van der Waals surface area contributed by atoms with E-state index in [1.54, 1.807) is 24.1 Å². The first kappa shape index (κ1) is 26.3. The number of methoxy groups -OCH3 is 1. The summed E-state index contributed by atoms with van der Waals surface area (Å²) in [6.07, 6.45) is 6.55. The zero-order valence-electron chi connectivity index (χ0n) is 21.4. The van der Waals surface area contributed by atoms with Crippen LogP contribution in [0.15, 0.2) is 18.2 Å². The number of hydrogen-bond donors (Lipinski definition) is 2. The van der Waals surface area contributed by atoms with E-state index in [1.165, 1.54) is 50.2 Å². The molecule has 1 aromatic heterocycles. The maximum Gasteiger partial charge on any atom is 0.356 e. The molecule has 0 aliphatic carbocycles. The Hall–Kier alpha value is -2.75. The fourth-order valence-electron chi connectivity index (χ4n) is 6.39. The minimum absolute atomic E-state index is 0.0345.